The Morgan fingerprint density at radius 2 is 2.00 bits per heavy atom. The number of hydrogen-bond donors (Lipinski definition) is 1. The van der Waals surface area contributed by atoms with Crippen molar-refractivity contribution < 1.29 is 9.31 Å². The Bertz CT molecular complexity index is 723. The van der Waals surface area contributed by atoms with Crippen LogP contribution in [-0.2, 0) is 9.31 Å². The van der Waals surface area contributed by atoms with Gasteiger partial charge in [0.15, 0.2) is 5.65 Å². The molecule has 1 aliphatic rings. The van der Waals surface area contributed by atoms with Crippen LogP contribution in [0.2, 0.25) is 0 Å². The zero-order chi connectivity index (χ0) is 16.7. The number of rotatable bonds is 4. The number of likely N-dealkylation sites (N-methyl/N-ethyl adjacent to an activating group) is 1. The van der Waals surface area contributed by atoms with Crippen LogP contribution >= 0.6 is 0 Å². The van der Waals surface area contributed by atoms with Gasteiger partial charge in [0.2, 0.25) is 0 Å². The predicted molar refractivity (Wildman–Crippen MR) is 91.0 cm³/mol. The Balaban J connectivity index is 1.96. The maximum absolute atomic E-state index is 6.16. The van der Waals surface area contributed by atoms with Crippen LogP contribution in [0.3, 0.4) is 0 Å². The summed E-state index contributed by atoms with van der Waals surface area (Å²) < 4.78 is 14.1. The molecule has 0 spiro atoms. The van der Waals surface area contributed by atoms with Crippen LogP contribution in [-0.4, -0.2) is 46.5 Å². The van der Waals surface area contributed by atoms with Gasteiger partial charge in [-0.3, -0.25) is 0 Å². The molecule has 0 unspecified atom stereocenters. The van der Waals surface area contributed by atoms with E-state index in [0.717, 1.165) is 16.8 Å². The summed E-state index contributed by atoms with van der Waals surface area (Å²) in [7, 11) is 1.52. The van der Waals surface area contributed by atoms with Gasteiger partial charge in [-0.15, -0.1) is 0 Å². The third kappa shape index (κ3) is 2.92. The van der Waals surface area contributed by atoms with Crippen LogP contribution in [0.15, 0.2) is 30.0 Å². The van der Waals surface area contributed by atoms with E-state index in [9.17, 15) is 0 Å². The molecule has 7 heteroatoms. The van der Waals surface area contributed by atoms with Crippen molar-refractivity contribution in [2.75, 3.05) is 13.6 Å². The fraction of sp³-hybridized carbons (Fsp3) is 0.500. The van der Waals surface area contributed by atoms with Crippen LogP contribution < -0.4 is 5.32 Å². The Kier molecular flexibility index (Phi) is 4.04. The van der Waals surface area contributed by atoms with Crippen molar-refractivity contribution in [2.24, 2.45) is 0 Å². The van der Waals surface area contributed by atoms with Gasteiger partial charge < -0.3 is 14.6 Å². The summed E-state index contributed by atoms with van der Waals surface area (Å²) in [6.45, 7) is 8.88. The molecule has 1 N–H and O–H groups in total. The smallest absolute Gasteiger partial charge is 0.400 e. The summed E-state index contributed by atoms with van der Waals surface area (Å²) >= 11 is 0. The van der Waals surface area contributed by atoms with Gasteiger partial charge in [0.25, 0.3) is 0 Å². The number of hydrogen-bond acceptors (Lipinski definition) is 5. The van der Waals surface area contributed by atoms with Gasteiger partial charge >= 0.3 is 7.12 Å². The molecule has 2 aromatic heterocycles. The molecular weight excluding hydrogens is 291 g/mol. The minimum Gasteiger partial charge on any atom is -0.400 e. The summed E-state index contributed by atoms with van der Waals surface area (Å²) in [5, 5.41) is 7.53. The molecular formula is C16H23BN4O2. The second-order valence-electron chi connectivity index (χ2n) is 6.81. The summed E-state index contributed by atoms with van der Waals surface area (Å²) in [6, 6.07) is 3.80. The maximum Gasteiger partial charge on any atom is 0.491 e. The van der Waals surface area contributed by atoms with Gasteiger partial charge in [-0.05, 0) is 58.4 Å². The quantitative estimate of drug-likeness (QED) is 0.874. The van der Waals surface area contributed by atoms with E-state index in [-0.39, 0.29) is 18.3 Å². The number of imidazole rings is 1. The van der Waals surface area contributed by atoms with E-state index in [2.05, 4.69) is 43.1 Å². The molecule has 122 valence electrons. The first-order chi connectivity index (χ1) is 10.8. The second kappa shape index (κ2) is 5.74. The Labute approximate surface area is 137 Å². The molecule has 0 aromatic carbocycles. The molecule has 1 fully saturated rings. The molecule has 1 aliphatic heterocycles. The van der Waals surface area contributed by atoms with E-state index in [1.54, 1.807) is 10.7 Å². The molecule has 6 nitrogen and oxygen atoms in total. The van der Waals surface area contributed by atoms with Crippen molar-refractivity contribution in [1.82, 2.24) is 19.9 Å². The van der Waals surface area contributed by atoms with Crippen molar-refractivity contribution in [3.63, 3.8) is 0 Å². The molecule has 23 heavy (non-hydrogen) atoms. The van der Waals surface area contributed by atoms with Gasteiger partial charge in [-0.2, -0.15) is 5.10 Å². The van der Waals surface area contributed by atoms with Crippen LogP contribution in [0.25, 0.3) is 11.7 Å². The summed E-state index contributed by atoms with van der Waals surface area (Å²) in [5.41, 5.74) is 2.01. The number of fused-ring (bicyclic) bond motifs is 1. The highest BCUT2D eigenvalue weighted by atomic mass is 16.7. The van der Waals surface area contributed by atoms with Crippen molar-refractivity contribution >= 4 is 18.8 Å². The van der Waals surface area contributed by atoms with Crippen LogP contribution in [0.1, 0.15) is 33.4 Å². The lowest BCUT2D eigenvalue weighted by Gasteiger charge is -2.32. The first-order valence-electron chi connectivity index (χ1n) is 7.83. The van der Waals surface area contributed by atoms with Crippen LogP contribution in [0.5, 0.6) is 0 Å². The predicted octanol–water partition coefficient (Wildman–Crippen LogP) is 1.96. The lowest BCUT2D eigenvalue weighted by Crippen LogP contribution is -2.41. The SMILES string of the molecule is CNCC(=Cc1cnc2cccnn12)B1OC(C)(C)C(C)(C)O1. The van der Waals surface area contributed by atoms with Crippen molar-refractivity contribution in [1.29, 1.82) is 0 Å². The molecule has 1 saturated heterocycles. The molecule has 3 heterocycles. The average molecular weight is 314 g/mol. The van der Waals surface area contributed by atoms with Gasteiger partial charge in [-0.1, -0.05) is 0 Å². The third-order valence-electron chi connectivity index (χ3n) is 4.57. The number of nitrogens with zero attached hydrogens (tertiary/aromatic N) is 3. The van der Waals surface area contributed by atoms with E-state index in [1.165, 1.54) is 0 Å². The van der Waals surface area contributed by atoms with Crippen molar-refractivity contribution in [2.45, 2.75) is 38.9 Å². The van der Waals surface area contributed by atoms with Gasteiger partial charge in [0.05, 0.1) is 23.1 Å². The van der Waals surface area contributed by atoms with E-state index in [4.69, 9.17) is 9.31 Å². The second-order valence-corrected chi connectivity index (χ2v) is 6.81. The fourth-order valence-electron chi connectivity index (χ4n) is 2.54. The molecule has 0 atom stereocenters. The summed E-state index contributed by atoms with van der Waals surface area (Å²) in [5.74, 6) is 0. The Morgan fingerprint density at radius 3 is 2.65 bits per heavy atom. The molecule has 0 aliphatic carbocycles. The largest absolute Gasteiger partial charge is 0.491 e. The molecule has 0 saturated carbocycles. The highest BCUT2D eigenvalue weighted by Gasteiger charge is 2.52. The Hall–Kier alpha value is -1.70. The third-order valence-corrected chi connectivity index (χ3v) is 4.57. The van der Waals surface area contributed by atoms with Gasteiger partial charge in [0, 0.05) is 12.7 Å². The lowest BCUT2D eigenvalue weighted by molar-refractivity contribution is 0.00578. The van der Waals surface area contributed by atoms with E-state index in [0.29, 0.717) is 6.54 Å². The first-order valence-corrected chi connectivity index (χ1v) is 7.83. The van der Waals surface area contributed by atoms with Gasteiger partial charge in [0.1, 0.15) is 0 Å². The van der Waals surface area contributed by atoms with E-state index in [1.807, 2.05) is 31.5 Å². The first kappa shape index (κ1) is 16.2. The molecule has 3 rings (SSSR count). The molecule has 0 amide bonds. The van der Waals surface area contributed by atoms with E-state index < -0.39 is 0 Å². The van der Waals surface area contributed by atoms with Gasteiger partial charge in [-0.25, -0.2) is 9.50 Å². The highest BCUT2D eigenvalue weighted by molar-refractivity contribution is 6.55. The Morgan fingerprint density at radius 1 is 1.30 bits per heavy atom. The number of aromatic nitrogens is 3. The number of nitrogens with one attached hydrogen (secondary N) is 1. The molecule has 0 bridgehead atoms. The minimum absolute atomic E-state index is 0.359. The zero-order valence-corrected chi connectivity index (χ0v) is 14.3. The highest BCUT2D eigenvalue weighted by Crippen LogP contribution is 2.38. The standard InChI is InChI=1S/C16H23BN4O2/c1-15(2)16(3,4)23-17(22-15)12(10-18-5)9-13-11-19-14-7-6-8-20-21(13)14/h6-9,11,18H,10H2,1-5H3. The monoisotopic (exact) mass is 314 g/mol. The summed E-state index contributed by atoms with van der Waals surface area (Å²) in [6.07, 6.45) is 5.59. The average Bonchev–Trinajstić information content (AvgIpc) is 2.97. The minimum atomic E-state index is -0.387. The molecule has 0 radical (unpaired) electrons. The zero-order valence-electron chi connectivity index (χ0n) is 14.3. The molecule has 2 aromatic rings. The van der Waals surface area contributed by atoms with Crippen LogP contribution in [0.4, 0.5) is 0 Å². The van der Waals surface area contributed by atoms with Crippen LogP contribution in [0, 0.1) is 0 Å². The lowest BCUT2D eigenvalue weighted by atomic mass is 9.77. The topological polar surface area (TPSA) is 60.7 Å². The van der Waals surface area contributed by atoms with Crippen molar-refractivity contribution in [3.05, 3.63) is 35.7 Å². The van der Waals surface area contributed by atoms with Crippen molar-refractivity contribution in [3.8, 4) is 0 Å². The normalized spacial score (nSPS) is 20.4. The fourth-order valence-corrected chi connectivity index (χ4v) is 2.54. The summed E-state index contributed by atoms with van der Waals surface area (Å²) in [4.78, 5) is 4.37. The van der Waals surface area contributed by atoms with E-state index >= 15 is 0 Å². The maximum atomic E-state index is 6.16.